The standard InChI is InChI=1S/C11H19NO3/c1-11(2)6-3-4-9(5-7-11)12-15-8-10(13)14/h3-8H2,1-2H3,(H,13,14). The van der Waals surface area contributed by atoms with Crippen LogP contribution in [0.5, 0.6) is 0 Å². The zero-order chi connectivity index (χ0) is 11.3. The van der Waals surface area contributed by atoms with Gasteiger partial charge in [-0.3, -0.25) is 0 Å². The number of rotatable bonds is 3. The van der Waals surface area contributed by atoms with Crippen molar-refractivity contribution < 1.29 is 14.7 Å². The van der Waals surface area contributed by atoms with Crippen molar-refractivity contribution in [2.24, 2.45) is 10.6 Å². The molecule has 4 nitrogen and oxygen atoms in total. The van der Waals surface area contributed by atoms with Gasteiger partial charge in [-0.15, -0.1) is 0 Å². The Kier molecular flexibility index (Phi) is 4.12. The summed E-state index contributed by atoms with van der Waals surface area (Å²) in [5, 5.41) is 12.3. The molecule has 0 amide bonds. The third-order valence-electron chi connectivity index (χ3n) is 2.79. The molecule has 0 aliphatic heterocycles. The molecule has 0 heterocycles. The van der Waals surface area contributed by atoms with Crippen molar-refractivity contribution in [1.29, 1.82) is 0 Å². The van der Waals surface area contributed by atoms with Gasteiger partial charge < -0.3 is 9.94 Å². The Hall–Kier alpha value is -1.06. The highest BCUT2D eigenvalue weighted by atomic mass is 16.6. The van der Waals surface area contributed by atoms with Crippen LogP contribution in [0.1, 0.15) is 46.0 Å². The molecule has 0 radical (unpaired) electrons. The SMILES string of the molecule is CC1(C)CCCC(=NOCC(=O)O)CC1. The predicted molar refractivity (Wildman–Crippen MR) is 57.9 cm³/mol. The quantitative estimate of drug-likeness (QED) is 0.578. The molecule has 0 atom stereocenters. The van der Waals surface area contributed by atoms with E-state index < -0.39 is 5.97 Å². The Balaban J connectivity index is 2.40. The first-order valence-electron chi connectivity index (χ1n) is 5.39. The zero-order valence-corrected chi connectivity index (χ0v) is 9.45. The molecule has 86 valence electrons. The Morgan fingerprint density at radius 3 is 2.87 bits per heavy atom. The van der Waals surface area contributed by atoms with E-state index in [9.17, 15) is 4.79 Å². The number of hydrogen-bond acceptors (Lipinski definition) is 3. The minimum absolute atomic E-state index is 0.340. The average molecular weight is 213 g/mol. The smallest absolute Gasteiger partial charge is 0.344 e. The van der Waals surface area contributed by atoms with E-state index in [0.29, 0.717) is 5.41 Å². The Labute approximate surface area is 90.3 Å². The van der Waals surface area contributed by atoms with Crippen LogP contribution in [0.25, 0.3) is 0 Å². The molecule has 1 saturated carbocycles. The molecule has 0 bridgehead atoms. The first-order valence-corrected chi connectivity index (χ1v) is 5.39. The van der Waals surface area contributed by atoms with Gasteiger partial charge in [0.15, 0.2) is 0 Å². The second-order valence-corrected chi connectivity index (χ2v) is 4.84. The lowest BCUT2D eigenvalue weighted by Crippen LogP contribution is -2.09. The highest BCUT2D eigenvalue weighted by Gasteiger charge is 2.22. The van der Waals surface area contributed by atoms with E-state index in [2.05, 4.69) is 19.0 Å². The van der Waals surface area contributed by atoms with Crippen molar-refractivity contribution in [3.63, 3.8) is 0 Å². The van der Waals surface area contributed by atoms with Crippen LogP contribution < -0.4 is 0 Å². The summed E-state index contributed by atoms with van der Waals surface area (Å²) in [6, 6.07) is 0. The minimum atomic E-state index is -0.978. The summed E-state index contributed by atoms with van der Waals surface area (Å²) >= 11 is 0. The molecular formula is C11H19NO3. The van der Waals surface area contributed by atoms with E-state index in [1.807, 2.05) is 0 Å². The van der Waals surface area contributed by atoms with Crippen LogP contribution in [0.3, 0.4) is 0 Å². The number of carboxylic acids is 1. The Morgan fingerprint density at radius 1 is 1.47 bits per heavy atom. The van der Waals surface area contributed by atoms with Gasteiger partial charge in [0.05, 0.1) is 5.71 Å². The van der Waals surface area contributed by atoms with E-state index in [-0.39, 0.29) is 6.61 Å². The molecule has 0 aromatic rings. The van der Waals surface area contributed by atoms with Gasteiger partial charge in [0.1, 0.15) is 0 Å². The average Bonchev–Trinajstić information content (AvgIpc) is 2.27. The van der Waals surface area contributed by atoms with Crippen LogP contribution in [-0.4, -0.2) is 23.4 Å². The zero-order valence-electron chi connectivity index (χ0n) is 9.45. The van der Waals surface area contributed by atoms with Crippen LogP contribution in [0.15, 0.2) is 5.16 Å². The van der Waals surface area contributed by atoms with Gasteiger partial charge in [0.25, 0.3) is 0 Å². The summed E-state index contributed by atoms with van der Waals surface area (Å²) in [6.07, 6.45) is 5.27. The number of aliphatic carboxylic acids is 1. The summed E-state index contributed by atoms with van der Waals surface area (Å²) in [6.45, 7) is 4.18. The molecule has 1 N–H and O–H groups in total. The molecule has 15 heavy (non-hydrogen) atoms. The van der Waals surface area contributed by atoms with Crippen molar-refractivity contribution in [1.82, 2.24) is 0 Å². The van der Waals surface area contributed by atoms with Gasteiger partial charge in [-0.25, -0.2) is 4.79 Å². The van der Waals surface area contributed by atoms with Crippen molar-refractivity contribution in [2.75, 3.05) is 6.61 Å². The number of carboxylic acid groups (broad SMARTS) is 1. The van der Waals surface area contributed by atoms with Gasteiger partial charge in [-0.2, -0.15) is 0 Å². The van der Waals surface area contributed by atoms with Gasteiger partial charge in [-0.05, 0) is 37.5 Å². The normalized spacial score (nSPS) is 23.5. The maximum atomic E-state index is 10.2. The Bertz CT molecular complexity index is 259. The van der Waals surface area contributed by atoms with Crippen LogP contribution in [0.2, 0.25) is 0 Å². The van der Waals surface area contributed by atoms with E-state index in [4.69, 9.17) is 9.94 Å². The van der Waals surface area contributed by atoms with Crippen LogP contribution in [-0.2, 0) is 9.63 Å². The lowest BCUT2D eigenvalue weighted by atomic mass is 9.85. The summed E-state index contributed by atoms with van der Waals surface area (Å²) in [5.74, 6) is -0.978. The van der Waals surface area contributed by atoms with E-state index in [0.717, 1.165) is 31.4 Å². The van der Waals surface area contributed by atoms with Gasteiger partial charge in [0, 0.05) is 0 Å². The maximum absolute atomic E-state index is 10.2. The number of carbonyl (C=O) groups is 1. The van der Waals surface area contributed by atoms with E-state index in [1.165, 1.54) is 6.42 Å². The predicted octanol–water partition coefficient (Wildman–Crippen LogP) is 2.43. The molecule has 0 aromatic carbocycles. The molecule has 1 fully saturated rings. The number of hydrogen-bond donors (Lipinski definition) is 1. The maximum Gasteiger partial charge on any atom is 0.344 e. The van der Waals surface area contributed by atoms with E-state index >= 15 is 0 Å². The van der Waals surface area contributed by atoms with Crippen molar-refractivity contribution >= 4 is 11.7 Å². The summed E-state index contributed by atoms with van der Waals surface area (Å²) < 4.78 is 0. The fourth-order valence-electron chi connectivity index (χ4n) is 1.77. The van der Waals surface area contributed by atoms with Crippen molar-refractivity contribution in [2.45, 2.75) is 46.0 Å². The lowest BCUT2D eigenvalue weighted by Gasteiger charge is -2.20. The fourth-order valence-corrected chi connectivity index (χ4v) is 1.77. The summed E-state index contributed by atoms with van der Waals surface area (Å²) in [5.41, 5.74) is 1.38. The lowest BCUT2D eigenvalue weighted by molar-refractivity contribution is -0.142. The number of nitrogens with zero attached hydrogens (tertiary/aromatic N) is 1. The first-order chi connectivity index (χ1) is 6.99. The second-order valence-electron chi connectivity index (χ2n) is 4.84. The third-order valence-corrected chi connectivity index (χ3v) is 2.79. The monoisotopic (exact) mass is 213 g/mol. The second kappa shape index (κ2) is 5.14. The molecule has 0 unspecified atom stereocenters. The largest absolute Gasteiger partial charge is 0.479 e. The van der Waals surface area contributed by atoms with Gasteiger partial charge in [-0.1, -0.05) is 19.0 Å². The van der Waals surface area contributed by atoms with Crippen molar-refractivity contribution in [3.05, 3.63) is 0 Å². The molecule has 0 spiro atoms. The van der Waals surface area contributed by atoms with Crippen LogP contribution in [0, 0.1) is 5.41 Å². The molecule has 1 rings (SSSR count). The molecule has 0 saturated heterocycles. The first kappa shape index (κ1) is 12.0. The summed E-state index contributed by atoms with van der Waals surface area (Å²) in [7, 11) is 0. The third kappa shape index (κ3) is 4.81. The van der Waals surface area contributed by atoms with E-state index in [1.54, 1.807) is 0 Å². The number of oxime groups is 1. The Morgan fingerprint density at radius 2 is 2.20 bits per heavy atom. The molecule has 1 aliphatic rings. The highest BCUT2D eigenvalue weighted by Crippen LogP contribution is 2.32. The topological polar surface area (TPSA) is 58.9 Å². The minimum Gasteiger partial charge on any atom is -0.479 e. The molecule has 1 aliphatic carbocycles. The van der Waals surface area contributed by atoms with Gasteiger partial charge in [0.2, 0.25) is 6.61 Å². The summed E-state index contributed by atoms with van der Waals surface area (Å²) in [4.78, 5) is 15.0. The van der Waals surface area contributed by atoms with Crippen LogP contribution in [0.4, 0.5) is 0 Å². The highest BCUT2D eigenvalue weighted by molar-refractivity contribution is 5.84. The molecule has 4 heteroatoms. The fraction of sp³-hybridized carbons (Fsp3) is 0.818. The molecule has 0 aromatic heterocycles. The van der Waals surface area contributed by atoms with Gasteiger partial charge >= 0.3 is 5.97 Å². The molecular weight excluding hydrogens is 194 g/mol. The van der Waals surface area contributed by atoms with Crippen molar-refractivity contribution in [3.8, 4) is 0 Å². The van der Waals surface area contributed by atoms with Crippen LogP contribution >= 0.6 is 0 Å².